The van der Waals surface area contributed by atoms with E-state index in [9.17, 15) is 0 Å². The molecule has 0 spiro atoms. The Kier molecular flexibility index (Phi) is 3.15. The summed E-state index contributed by atoms with van der Waals surface area (Å²) in [6.07, 6.45) is 5.59. The van der Waals surface area contributed by atoms with Crippen molar-refractivity contribution in [3.63, 3.8) is 0 Å². The van der Waals surface area contributed by atoms with E-state index in [-0.39, 0.29) is 6.04 Å². The lowest BCUT2D eigenvalue weighted by Gasteiger charge is -2.33. The fourth-order valence-electron chi connectivity index (χ4n) is 2.72. The van der Waals surface area contributed by atoms with E-state index in [1.807, 2.05) is 0 Å². The van der Waals surface area contributed by atoms with Crippen molar-refractivity contribution in [1.29, 1.82) is 0 Å². The van der Waals surface area contributed by atoms with Crippen LogP contribution in [-0.2, 0) is 6.42 Å². The number of hydrogen-bond acceptors (Lipinski definition) is 1. The molecular formula is C15H21N. The van der Waals surface area contributed by atoms with Crippen LogP contribution in [0.3, 0.4) is 0 Å². The molecule has 1 unspecified atom stereocenters. The Bertz CT molecular complexity index is 376. The molecule has 1 nitrogen and oxygen atoms in total. The highest BCUT2D eigenvalue weighted by Gasteiger charge is 2.26. The number of allylic oxidation sites excluding steroid dienone is 1. The first-order valence-electron chi connectivity index (χ1n) is 6.04. The van der Waals surface area contributed by atoms with Gasteiger partial charge in [0.05, 0.1) is 0 Å². The first kappa shape index (κ1) is 11.4. The second-order valence-corrected chi connectivity index (χ2v) is 5.70. The van der Waals surface area contributed by atoms with Gasteiger partial charge in [0.25, 0.3) is 0 Å². The van der Waals surface area contributed by atoms with Gasteiger partial charge in [-0.2, -0.15) is 0 Å². The van der Waals surface area contributed by atoms with Gasteiger partial charge in [-0.1, -0.05) is 55.8 Å². The number of benzene rings is 1. The molecule has 0 bridgehead atoms. The predicted molar refractivity (Wildman–Crippen MR) is 69.2 cm³/mol. The molecule has 0 radical (unpaired) electrons. The standard InChI is InChI=1S/C15H21N/c1-15(2)10-13(9-14(16)11-15)8-12-6-4-3-5-7-12/h3-7,9,14H,8,10-11,16H2,1-2H3. The highest BCUT2D eigenvalue weighted by molar-refractivity contribution is 5.25. The molecule has 0 saturated heterocycles. The van der Waals surface area contributed by atoms with Gasteiger partial charge >= 0.3 is 0 Å². The Morgan fingerprint density at radius 2 is 1.94 bits per heavy atom. The second-order valence-electron chi connectivity index (χ2n) is 5.70. The summed E-state index contributed by atoms with van der Waals surface area (Å²) in [7, 11) is 0. The molecule has 0 amide bonds. The van der Waals surface area contributed by atoms with Crippen molar-refractivity contribution < 1.29 is 0 Å². The van der Waals surface area contributed by atoms with E-state index in [1.54, 1.807) is 0 Å². The molecule has 1 aromatic carbocycles. The number of rotatable bonds is 2. The van der Waals surface area contributed by atoms with Gasteiger partial charge in [-0.3, -0.25) is 0 Å². The first-order chi connectivity index (χ1) is 7.55. The van der Waals surface area contributed by atoms with Gasteiger partial charge in [-0.05, 0) is 30.2 Å². The molecule has 0 aromatic heterocycles. The van der Waals surface area contributed by atoms with Crippen molar-refractivity contribution >= 4 is 0 Å². The maximum absolute atomic E-state index is 6.08. The Labute approximate surface area is 98.4 Å². The molecule has 1 aliphatic carbocycles. The minimum Gasteiger partial charge on any atom is -0.324 e. The third-order valence-corrected chi connectivity index (χ3v) is 3.22. The minimum atomic E-state index is 0.238. The molecule has 1 aliphatic rings. The summed E-state index contributed by atoms with van der Waals surface area (Å²) in [5.74, 6) is 0. The molecule has 1 aromatic rings. The molecule has 0 saturated carbocycles. The molecule has 1 heteroatoms. The smallest absolute Gasteiger partial charge is 0.0231 e. The van der Waals surface area contributed by atoms with Crippen molar-refractivity contribution in [3.05, 3.63) is 47.5 Å². The van der Waals surface area contributed by atoms with E-state index in [0.29, 0.717) is 5.41 Å². The highest BCUT2D eigenvalue weighted by Crippen LogP contribution is 2.35. The Balaban J connectivity index is 2.11. The van der Waals surface area contributed by atoms with Crippen LogP contribution in [0.5, 0.6) is 0 Å². The Morgan fingerprint density at radius 1 is 1.25 bits per heavy atom. The minimum absolute atomic E-state index is 0.238. The third-order valence-electron chi connectivity index (χ3n) is 3.22. The zero-order valence-electron chi connectivity index (χ0n) is 10.2. The van der Waals surface area contributed by atoms with Gasteiger partial charge < -0.3 is 5.73 Å². The van der Waals surface area contributed by atoms with Crippen LogP contribution in [0.25, 0.3) is 0 Å². The molecule has 1 atom stereocenters. The van der Waals surface area contributed by atoms with E-state index >= 15 is 0 Å². The van der Waals surface area contributed by atoms with Crippen LogP contribution in [0.4, 0.5) is 0 Å². The predicted octanol–water partition coefficient (Wildman–Crippen LogP) is 3.30. The monoisotopic (exact) mass is 215 g/mol. The maximum atomic E-state index is 6.08. The second kappa shape index (κ2) is 4.42. The normalized spacial score (nSPS) is 23.9. The summed E-state index contributed by atoms with van der Waals surface area (Å²) in [6, 6.07) is 10.9. The van der Waals surface area contributed by atoms with Gasteiger partial charge in [-0.15, -0.1) is 0 Å². The summed E-state index contributed by atoms with van der Waals surface area (Å²) < 4.78 is 0. The third kappa shape index (κ3) is 2.96. The molecule has 0 heterocycles. The lowest BCUT2D eigenvalue weighted by atomic mass is 9.74. The van der Waals surface area contributed by atoms with Crippen LogP contribution in [0, 0.1) is 5.41 Å². The van der Waals surface area contributed by atoms with E-state index in [0.717, 1.165) is 12.8 Å². The summed E-state index contributed by atoms with van der Waals surface area (Å²) >= 11 is 0. The van der Waals surface area contributed by atoms with E-state index in [4.69, 9.17) is 5.73 Å². The van der Waals surface area contributed by atoms with Crippen molar-refractivity contribution in [3.8, 4) is 0 Å². The molecule has 0 aliphatic heterocycles. The Hall–Kier alpha value is -1.08. The number of hydrogen-bond donors (Lipinski definition) is 1. The van der Waals surface area contributed by atoms with Crippen LogP contribution >= 0.6 is 0 Å². The summed E-state index contributed by atoms with van der Waals surface area (Å²) in [5, 5.41) is 0. The van der Waals surface area contributed by atoms with Gasteiger partial charge in [-0.25, -0.2) is 0 Å². The van der Waals surface area contributed by atoms with Crippen molar-refractivity contribution in [1.82, 2.24) is 0 Å². The average molecular weight is 215 g/mol. The van der Waals surface area contributed by atoms with Gasteiger partial charge in [0.15, 0.2) is 0 Å². The summed E-state index contributed by atoms with van der Waals surface area (Å²) in [5.41, 5.74) is 9.32. The zero-order chi connectivity index (χ0) is 11.6. The highest BCUT2D eigenvalue weighted by atomic mass is 14.6. The van der Waals surface area contributed by atoms with E-state index in [1.165, 1.54) is 17.6 Å². The van der Waals surface area contributed by atoms with E-state index < -0.39 is 0 Å². The van der Waals surface area contributed by atoms with Crippen molar-refractivity contribution in [2.24, 2.45) is 11.1 Å². The first-order valence-corrected chi connectivity index (χ1v) is 6.04. The van der Waals surface area contributed by atoms with Crippen LogP contribution in [0.1, 0.15) is 32.3 Å². The largest absolute Gasteiger partial charge is 0.324 e. The SMILES string of the molecule is CC1(C)CC(Cc2ccccc2)=CC(N)C1. The fourth-order valence-corrected chi connectivity index (χ4v) is 2.72. The number of nitrogens with two attached hydrogens (primary N) is 1. The maximum Gasteiger partial charge on any atom is 0.0231 e. The lowest BCUT2D eigenvalue weighted by molar-refractivity contribution is 0.299. The van der Waals surface area contributed by atoms with Gasteiger partial charge in [0.2, 0.25) is 0 Å². The molecule has 0 fully saturated rings. The van der Waals surface area contributed by atoms with Crippen LogP contribution in [0.15, 0.2) is 42.0 Å². The molecule has 2 rings (SSSR count). The van der Waals surface area contributed by atoms with Crippen LogP contribution in [-0.4, -0.2) is 6.04 Å². The molecule has 2 N–H and O–H groups in total. The zero-order valence-corrected chi connectivity index (χ0v) is 10.2. The average Bonchev–Trinajstić information content (AvgIpc) is 2.15. The van der Waals surface area contributed by atoms with Crippen molar-refractivity contribution in [2.45, 2.75) is 39.2 Å². The topological polar surface area (TPSA) is 26.0 Å². The fraction of sp³-hybridized carbons (Fsp3) is 0.467. The van der Waals surface area contributed by atoms with E-state index in [2.05, 4.69) is 50.3 Å². The molecular weight excluding hydrogens is 194 g/mol. The van der Waals surface area contributed by atoms with Gasteiger partial charge in [0, 0.05) is 6.04 Å². The Morgan fingerprint density at radius 3 is 2.56 bits per heavy atom. The quantitative estimate of drug-likeness (QED) is 0.753. The summed E-state index contributed by atoms with van der Waals surface area (Å²) in [6.45, 7) is 4.62. The lowest BCUT2D eigenvalue weighted by Crippen LogP contribution is -2.31. The molecule has 86 valence electrons. The van der Waals surface area contributed by atoms with Crippen molar-refractivity contribution in [2.75, 3.05) is 0 Å². The van der Waals surface area contributed by atoms with Gasteiger partial charge in [0.1, 0.15) is 0 Å². The van der Waals surface area contributed by atoms with Crippen LogP contribution in [0.2, 0.25) is 0 Å². The van der Waals surface area contributed by atoms with Crippen LogP contribution < -0.4 is 5.73 Å². The summed E-state index contributed by atoms with van der Waals surface area (Å²) in [4.78, 5) is 0. The molecule has 16 heavy (non-hydrogen) atoms.